The highest BCUT2D eigenvalue weighted by Crippen LogP contribution is 2.39. The van der Waals surface area contributed by atoms with Crippen LogP contribution in [0.2, 0.25) is 0 Å². The summed E-state index contributed by atoms with van der Waals surface area (Å²) in [5, 5.41) is 0. The molecule has 1 aromatic carbocycles. The van der Waals surface area contributed by atoms with Crippen molar-refractivity contribution in [3.05, 3.63) is 24.3 Å². The maximum Gasteiger partial charge on any atom is 0.501 e. The normalized spacial score (nSPS) is 16.2. The van der Waals surface area contributed by atoms with Crippen molar-refractivity contribution in [3.8, 4) is 0 Å². The quantitative estimate of drug-likeness (QED) is 0.779. The summed E-state index contributed by atoms with van der Waals surface area (Å²) >= 11 is 5.66. The Bertz CT molecular complexity index is 585. The SMILES string of the molecule is O=S(=O)(c1ccccc1N(CCCl)C1CC1)C(F)(F)F. The van der Waals surface area contributed by atoms with Crippen molar-refractivity contribution in [2.75, 3.05) is 17.3 Å². The van der Waals surface area contributed by atoms with E-state index >= 15 is 0 Å². The molecule has 2 rings (SSSR count). The van der Waals surface area contributed by atoms with Crippen LogP contribution in [0.25, 0.3) is 0 Å². The molecule has 0 radical (unpaired) electrons. The molecule has 1 aliphatic carbocycles. The number of hydrogen-bond acceptors (Lipinski definition) is 3. The van der Waals surface area contributed by atoms with E-state index in [9.17, 15) is 21.6 Å². The number of nitrogens with zero attached hydrogens (tertiary/aromatic N) is 1. The van der Waals surface area contributed by atoms with Crippen LogP contribution in [0, 0.1) is 0 Å². The molecule has 8 heteroatoms. The lowest BCUT2D eigenvalue weighted by molar-refractivity contribution is -0.0435. The van der Waals surface area contributed by atoms with E-state index in [1.165, 1.54) is 18.2 Å². The number of anilines is 1. The minimum absolute atomic E-state index is 0.0679. The van der Waals surface area contributed by atoms with Crippen LogP contribution < -0.4 is 4.90 Å². The second-order valence-electron chi connectivity index (χ2n) is 4.53. The Morgan fingerprint density at radius 1 is 1.25 bits per heavy atom. The van der Waals surface area contributed by atoms with E-state index in [0.717, 1.165) is 18.9 Å². The second-order valence-corrected chi connectivity index (χ2v) is 6.82. The van der Waals surface area contributed by atoms with E-state index in [1.54, 1.807) is 4.90 Å². The lowest BCUT2D eigenvalue weighted by atomic mass is 10.3. The molecule has 0 bridgehead atoms. The van der Waals surface area contributed by atoms with E-state index in [1.807, 2.05) is 0 Å². The average Bonchev–Trinajstić information content (AvgIpc) is 3.19. The summed E-state index contributed by atoms with van der Waals surface area (Å²) in [6.45, 7) is 0.316. The zero-order chi connectivity index (χ0) is 15.0. The van der Waals surface area contributed by atoms with Crippen LogP contribution in [0.5, 0.6) is 0 Å². The van der Waals surface area contributed by atoms with Crippen LogP contribution in [0.4, 0.5) is 18.9 Å². The minimum atomic E-state index is -5.36. The fraction of sp³-hybridized carbons (Fsp3) is 0.500. The topological polar surface area (TPSA) is 37.4 Å². The summed E-state index contributed by atoms with van der Waals surface area (Å²) < 4.78 is 61.5. The predicted octanol–water partition coefficient (Wildman–Crippen LogP) is 3.19. The van der Waals surface area contributed by atoms with Gasteiger partial charge in [-0.3, -0.25) is 0 Å². The molecule has 0 saturated heterocycles. The molecule has 0 amide bonds. The monoisotopic (exact) mass is 327 g/mol. The smallest absolute Gasteiger partial charge is 0.366 e. The van der Waals surface area contributed by atoms with Gasteiger partial charge in [-0.1, -0.05) is 12.1 Å². The zero-order valence-corrected chi connectivity index (χ0v) is 12.0. The van der Waals surface area contributed by atoms with Gasteiger partial charge in [0.25, 0.3) is 9.84 Å². The molecule has 0 spiro atoms. The van der Waals surface area contributed by atoms with Crippen LogP contribution >= 0.6 is 11.6 Å². The largest absolute Gasteiger partial charge is 0.501 e. The molecule has 112 valence electrons. The van der Waals surface area contributed by atoms with Gasteiger partial charge in [-0.2, -0.15) is 13.2 Å². The first kappa shape index (κ1) is 15.4. The lowest BCUT2D eigenvalue weighted by Crippen LogP contribution is -2.31. The molecule has 1 fully saturated rings. The third-order valence-corrected chi connectivity index (χ3v) is 4.78. The van der Waals surface area contributed by atoms with Crippen molar-refractivity contribution >= 4 is 27.1 Å². The third kappa shape index (κ3) is 2.88. The summed E-state index contributed by atoms with van der Waals surface area (Å²) in [5.41, 5.74) is -5.23. The Labute approximate surface area is 120 Å². The van der Waals surface area contributed by atoms with Gasteiger partial charge < -0.3 is 4.90 Å². The van der Waals surface area contributed by atoms with Gasteiger partial charge in [0.1, 0.15) is 0 Å². The third-order valence-electron chi connectivity index (χ3n) is 3.08. The highest BCUT2D eigenvalue weighted by Gasteiger charge is 2.48. The number of sulfone groups is 1. The minimum Gasteiger partial charge on any atom is -0.366 e. The van der Waals surface area contributed by atoms with Crippen molar-refractivity contribution in [1.82, 2.24) is 0 Å². The summed E-state index contributed by atoms with van der Waals surface area (Å²) in [6.07, 6.45) is 1.66. The van der Waals surface area contributed by atoms with Crippen LogP contribution in [0.1, 0.15) is 12.8 Å². The molecule has 20 heavy (non-hydrogen) atoms. The van der Waals surface area contributed by atoms with Crippen molar-refractivity contribution in [2.45, 2.75) is 29.3 Å². The van der Waals surface area contributed by atoms with Crippen molar-refractivity contribution in [2.24, 2.45) is 0 Å². The van der Waals surface area contributed by atoms with Crippen LogP contribution in [0.3, 0.4) is 0 Å². The summed E-state index contributed by atoms with van der Waals surface area (Å²) in [7, 11) is -5.36. The van der Waals surface area contributed by atoms with Crippen molar-refractivity contribution in [1.29, 1.82) is 0 Å². The summed E-state index contributed by atoms with van der Waals surface area (Å²) in [5.74, 6) is 0.219. The molecule has 0 unspecified atom stereocenters. The molecular weight excluding hydrogens is 315 g/mol. The first-order chi connectivity index (χ1) is 9.29. The van der Waals surface area contributed by atoms with E-state index < -0.39 is 20.2 Å². The molecule has 1 saturated carbocycles. The number of rotatable bonds is 5. The number of alkyl halides is 4. The molecule has 0 N–H and O–H groups in total. The van der Waals surface area contributed by atoms with Crippen molar-refractivity contribution in [3.63, 3.8) is 0 Å². The number of hydrogen-bond donors (Lipinski definition) is 0. The Balaban J connectivity index is 2.50. The molecule has 0 atom stereocenters. The van der Waals surface area contributed by atoms with Gasteiger partial charge in [-0.15, -0.1) is 11.6 Å². The Kier molecular flexibility index (Phi) is 4.20. The first-order valence-electron chi connectivity index (χ1n) is 6.02. The standard InChI is InChI=1S/C12H13ClF3NO2S/c13-7-8-17(9-5-6-9)10-3-1-2-4-11(10)20(18,19)12(14,15)16/h1-4,9H,5-8H2. The highest BCUT2D eigenvalue weighted by molar-refractivity contribution is 7.92. The van der Waals surface area contributed by atoms with Crippen molar-refractivity contribution < 1.29 is 21.6 Å². The second kappa shape index (κ2) is 5.44. The zero-order valence-electron chi connectivity index (χ0n) is 10.4. The number of benzene rings is 1. The lowest BCUT2D eigenvalue weighted by Gasteiger charge is -2.26. The van der Waals surface area contributed by atoms with Crippen LogP contribution in [-0.2, 0) is 9.84 Å². The van der Waals surface area contributed by atoms with Crippen LogP contribution in [-0.4, -0.2) is 32.4 Å². The summed E-state index contributed by atoms with van der Waals surface area (Å²) in [4.78, 5) is 0.940. The maximum absolute atomic E-state index is 12.7. The van der Waals surface area contributed by atoms with E-state index in [2.05, 4.69) is 0 Å². The van der Waals surface area contributed by atoms with Gasteiger partial charge in [0.2, 0.25) is 0 Å². The Hall–Kier alpha value is -0.950. The van der Waals surface area contributed by atoms with Gasteiger partial charge in [0.05, 0.1) is 10.6 Å². The van der Waals surface area contributed by atoms with Gasteiger partial charge in [0.15, 0.2) is 0 Å². The van der Waals surface area contributed by atoms with Gasteiger partial charge >= 0.3 is 5.51 Å². The molecule has 1 aromatic rings. The number of halogens is 4. The maximum atomic E-state index is 12.7. The first-order valence-corrected chi connectivity index (χ1v) is 8.04. The van der Waals surface area contributed by atoms with E-state index in [0.29, 0.717) is 6.54 Å². The predicted molar refractivity (Wildman–Crippen MR) is 70.8 cm³/mol. The molecule has 3 nitrogen and oxygen atoms in total. The Morgan fingerprint density at radius 3 is 2.35 bits per heavy atom. The summed E-state index contributed by atoms with van der Waals surface area (Å²) in [6, 6.07) is 5.26. The van der Waals surface area contributed by atoms with Gasteiger partial charge in [0, 0.05) is 18.5 Å². The Morgan fingerprint density at radius 2 is 1.85 bits per heavy atom. The average molecular weight is 328 g/mol. The highest BCUT2D eigenvalue weighted by atomic mass is 35.5. The molecule has 0 aliphatic heterocycles. The fourth-order valence-electron chi connectivity index (χ4n) is 2.02. The molecule has 0 aromatic heterocycles. The van der Waals surface area contributed by atoms with Gasteiger partial charge in [-0.05, 0) is 25.0 Å². The number of para-hydroxylation sites is 1. The molecule has 0 heterocycles. The fourth-order valence-corrected chi connectivity index (χ4v) is 3.17. The molecular formula is C12H13ClF3NO2S. The van der Waals surface area contributed by atoms with E-state index in [-0.39, 0.29) is 17.6 Å². The van der Waals surface area contributed by atoms with E-state index in [4.69, 9.17) is 11.6 Å². The van der Waals surface area contributed by atoms with Gasteiger partial charge in [-0.25, -0.2) is 8.42 Å². The molecule has 1 aliphatic rings. The van der Waals surface area contributed by atoms with Crippen LogP contribution in [0.15, 0.2) is 29.2 Å².